The molecule has 0 fully saturated rings. The van der Waals surface area contributed by atoms with Gasteiger partial charge in [-0.05, 0) is 46.4 Å². The van der Waals surface area contributed by atoms with Crippen LogP contribution < -0.4 is 0 Å². The fourth-order valence-corrected chi connectivity index (χ4v) is 4.10. The van der Waals surface area contributed by atoms with E-state index in [4.69, 9.17) is 0 Å². The summed E-state index contributed by atoms with van der Waals surface area (Å²) in [6.07, 6.45) is 0.757. The SMILES string of the molecule is CC[C@@H](C(=O)N1Cc2ccc(-c3ccccc3C(=O)O)cc2C1)c1ccccc1. The average molecular weight is 385 g/mol. The molecule has 0 saturated carbocycles. The molecule has 1 amide bonds. The van der Waals surface area contributed by atoms with Gasteiger partial charge in [0.1, 0.15) is 0 Å². The second-order valence-electron chi connectivity index (χ2n) is 7.40. The Labute approximate surface area is 170 Å². The molecule has 1 aliphatic heterocycles. The molecule has 0 saturated heterocycles. The Hall–Kier alpha value is -3.40. The van der Waals surface area contributed by atoms with Crippen LogP contribution in [0.1, 0.15) is 46.3 Å². The van der Waals surface area contributed by atoms with Crippen molar-refractivity contribution in [2.24, 2.45) is 0 Å². The molecule has 0 aliphatic carbocycles. The molecule has 0 unspecified atom stereocenters. The number of hydrogen-bond acceptors (Lipinski definition) is 2. The molecular formula is C25H23NO3. The van der Waals surface area contributed by atoms with E-state index < -0.39 is 5.97 Å². The molecule has 0 radical (unpaired) electrons. The first kappa shape index (κ1) is 18.9. The van der Waals surface area contributed by atoms with E-state index >= 15 is 0 Å². The Balaban J connectivity index is 1.59. The van der Waals surface area contributed by atoms with E-state index in [9.17, 15) is 14.7 Å². The van der Waals surface area contributed by atoms with Crippen LogP contribution in [0.15, 0.2) is 72.8 Å². The lowest BCUT2D eigenvalue weighted by Gasteiger charge is -2.22. The van der Waals surface area contributed by atoms with Crippen molar-refractivity contribution in [1.29, 1.82) is 0 Å². The summed E-state index contributed by atoms with van der Waals surface area (Å²) in [5, 5.41) is 9.48. The number of aromatic carboxylic acids is 1. The van der Waals surface area contributed by atoms with Crippen LogP contribution in [0.25, 0.3) is 11.1 Å². The summed E-state index contributed by atoms with van der Waals surface area (Å²) in [6, 6.07) is 22.9. The van der Waals surface area contributed by atoms with Gasteiger partial charge in [-0.2, -0.15) is 0 Å². The van der Waals surface area contributed by atoms with Gasteiger partial charge in [-0.25, -0.2) is 4.79 Å². The Morgan fingerprint density at radius 3 is 2.34 bits per heavy atom. The number of amides is 1. The highest BCUT2D eigenvalue weighted by Gasteiger charge is 2.29. The lowest BCUT2D eigenvalue weighted by molar-refractivity contribution is -0.133. The van der Waals surface area contributed by atoms with Crippen molar-refractivity contribution >= 4 is 11.9 Å². The van der Waals surface area contributed by atoms with Crippen LogP contribution in [0.4, 0.5) is 0 Å². The van der Waals surface area contributed by atoms with Crippen molar-refractivity contribution in [1.82, 2.24) is 4.90 Å². The van der Waals surface area contributed by atoms with E-state index in [0.29, 0.717) is 18.7 Å². The Kier molecular flexibility index (Phi) is 5.17. The molecule has 29 heavy (non-hydrogen) atoms. The molecule has 0 spiro atoms. The Bertz CT molecular complexity index is 1060. The molecule has 1 N–H and O–H groups in total. The quantitative estimate of drug-likeness (QED) is 0.666. The molecule has 0 bridgehead atoms. The zero-order valence-electron chi connectivity index (χ0n) is 16.3. The van der Waals surface area contributed by atoms with Gasteiger partial charge in [-0.3, -0.25) is 4.79 Å². The van der Waals surface area contributed by atoms with Gasteiger partial charge in [-0.1, -0.05) is 67.6 Å². The normalized spacial score (nSPS) is 13.8. The number of fused-ring (bicyclic) bond motifs is 1. The summed E-state index contributed by atoms with van der Waals surface area (Å²) >= 11 is 0. The van der Waals surface area contributed by atoms with E-state index in [1.54, 1.807) is 12.1 Å². The van der Waals surface area contributed by atoms with Crippen LogP contribution in [-0.2, 0) is 17.9 Å². The fourth-order valence-electron chi connectivity index (χ4n) is 4.10. The van der Waals surface area contributed by atoms with E-state index in [1.165, 1.54) is 0 Å². The predicted molar refractivity (Wildman–Crippen MR) is 113 cm³/mol. The van der Waals surface area contributed by atoms with E-state index in [-0.39, 0.29) is 17.4 Å². The number of hydrogen-bond donors (Lipinski definition) is 1. The number of carbonyl (C=O) groups excluding carboxylic acids is 1. The monoisotopic (exact) mass is 385 g/mol. The lowest BCUT2D eigenvalue weighted by Crippen LogP contribution is -2.30. The summed E-state index contributed by atoms with van der Waals surface area (Å²) < 4.78 is 0. The summed E-state index contributed by atoms with van der Waals surface area (Å²) in [7, 11) is 0. The van der Waals surface area contributed by atoms with Gasteiger partial charge in [0.25, 0.3) is 0 Å². The molecular weight excluding hydrogens is 362 g/mol. The molecule has 3 aromatic carbocycles. The van der Waals surface area contributed by atoms with E-state index in [2.05, 4.69) is 0 Å². The lowest BCUT2D eigenvalue weighted by atomic mass is 9.95. The van der Waals surface area contributed by atoms with E-state index in [0.717, 1.165) is 28.7 Å². The van der Waals surface area contributed by atoms with Crippen molar-refractivity contribution in [2.45, 2.75) is 32.4 Å². The maximum absolute atomic E-state index is 13.2. The van der Waals surface area contributed by atoms with Crippen molar-refractivity contribution in [3.05, 3.63) is 95.1 Å². The molecule has 146 valence electrons. The summed E-state index contributed by atoms with van der Waals surface area (Å²) in [5.41, 5.74) is 5.10. The largest absolute Gasteiger partial charge is 0.478 e. The number of nitrogens with zero attached hydrogens (tertiary/aromatic N) is 1. The minimum absolute atomic E-state index is 0.141. The number of carboxylic acid groups (broad SMARTS) is 1. The molecule has 3 aromatic rings. The number of carboxylic acids is 1. The third kappa shape index (κ3) is 3.66. The molecule has 0 aromatic heterocycles. The van der Waals surface area contributed by atoms with Crippen molar-refractivity contribution < 1.29 is 14.7 Å². The highest BCUT2D eigenvalue weighted by atomic mass is 16.4. The molecule has 4 nitrogen and oxygen atoms in total. The minimum Gasteiger partial charge on any atom is -0.478 e. The van der Waals surface area contributed by atoms with Crippen LogP contribution in [0.3, 0.4) is 0 Å². The number of rotatable bonds is 5. The van der Waals surface area contributed by atoms with Crippen LogP contribution in [0.5, 0.6) is 0 Å². The number of benzene rings is 3. The van der Waals surface area contributed by atoms with Crippen LogP contribution in [0, 0.1) is 0 Å². The van der Waals surface area contributed by atoms with Crippen LogP contribution >= 0.6 is 0 Å². The smallest absolute Gasteiger partial charge is 0.336 e. The zero-order chi connectivity index (χ0) is 20.4. The first-order valence-electron chi connectivity index (χ1n) is 9.86. The fraction of sp³-hybridized carbons (Fsp3) is 0.200. The standard InChI is InChI=1S/C25H23NO3/c1-2-21(17-8-4-3-5-9-17)24(27)26-15-19-13-12-18(14-20(19)16-26)22-10-6-7-11-23(22)25(28)29/h3-14,21H,2,15-16H2,1H3,(H,28,29)/t21-/m1/s1. The third-order valence-electron chi connectivity index (χ3n) is 5.62. The maximum atomic E-state index is 13.2. The predicted octanol–water partition coefficient (Wildman–Crippen LogP) is 5.09. The second-order valence-corrected chi connectivity index (χ2v) is 7.40. The average Bonchev–Trinajstić information content (AvgIpc) is 3.18. The molecule has 1 aliphatic rings. The van der Waals surface area contributed by atoms with Gasteiger partial charge >= 0.3 is 5.97 Å². The van der Waals surface area contributed by atoms with Gasteiger partial charge in [0, 0.05) is 13.1 Å². The van der Waals surface area contributed by atoms with Gasteiger partial charge in [0.2, 0.25) is 5.91 Å². The van der Waals surface area contributed by atoms with Gasteiger partial charge in [0.05, 0.1) is 11.5 Å². The van der Waals surface area contributed by atoms with Gasteiger partial charge in [-0.15, -0.1) is 0 Å². The van der Waals surface area contributed by atoms with E-state index in [1.807, 2.05) is 72.5 Å². The summed E-state index contributed by atoms with van der Waals surface area (Å²) in [6.45, 7) is 3.19. The summed E-state index contributed by atoms with van der Waals surface area (Å²) in [4.78, 5) is 26.7. The molecule has 4 heteroatoms. The van der Waals surface area contributed by atoms with Crippen molar-refractivity contribution in [2.75, 3.05) is 0 Å². The molecule has 1 heterocycles. The van der Waals surface area contributed by atoms with Crippen LogP contribution in [-0.4, -0.2) is 21.9 Å². The zero-order valence-corrected chi connectivity index (χ0v) is 16.3. The molecule has 1 atom stereocenters. The van der Waals surface area contributed by atoms with Gasteiger partial charge < -0.3 is 10.0 Å². The Morgan fingerprint density at radius 2 is 1.62 bits per heavy atom. The molecule has 4 rings (SSSR count). The summed E-state index contributed by atoms with van der Waals surface area (Å²) in [5.74, 6) is -0.938. The Morgan fingerprint density at radius 1 is 0.931 bits per heavy atom. The van der Waals surface area contributed by atoms with Crippen molar-refractivity contribution in [3.63, 3.8) is 0 Å². The van der Waals surface area contributed by atoms with Crippen molar-refractivity contribution in [3.8, 4) is 11.1 Å². The number of carbonyl (C=O) groups is 2. The topological polar surface area (TPSA) is 57.6 Å². The first-order valence-corrected chi connectivity index (χ1v) is 9.86. The van der Waals surface area contributed by atoms with Gasteiger partial charge in [0.15, 0.2) is 0 Å². The second kappa shape index (κ2) is 7.92. The third-order valence-corrected chi connectivity index (χ3v) is 5.62. The van der Waals surface area contributed by atoms with Crippen LogP contribution in [0.2, 0.25) is 0 Å². The minimum atomic E-state index is -0.938. The maximum Gasteiger partial charge on any atom is 0.336 e. The highest BCUT2D eigenvalue weighted by molar-refractivity contribution is 5.96. The first-order chi connectivity index (χ1) is 14.1. The highest BCUT2D eigenvalue weighted by Crippen LogP contribution is 2.32.